The van der Waals surface area contributed by atoms with E-state index in [0.29, 0.717) is 0 Å². The molecule has 1 rings (SSSR count). The predicted octanol–water partition coefficient (Wildman–Crippen LogP) is 1.40. The van der Waals surface area contributed by atoms with E-state index in [0.717, 1.165) is 5.33 Å². The number of halogens is 1. The summed E-state index contributed by atoms with van der Waals surface area (Å²) in [6.07, 6.45) is 7.73. The van der Waals surface area contributed by atoms with E-state index in [2.05, 4.69) is 21.2 Å². The molecule has 10 heavy (non-hydrogen) atoms. The van der Waals surface area contributed by atoms with Crippen molar-refractivity contribution in [3.8, 4) is 0 Å². The fraction of sp³-hybridized carbons (Fsp3) is 0.429. The first-order valence-electron chi connectivity index (χ1n) is 3.06. The molecule has 0 aliphatic carbocycles. The SMILES string of the molecule is COC1(CBr)C=CC=CN1. The summed E-state index contributed by atoms with van der Waals surface area (Å²) in [7, 11) is 1.68. The summed E-state index contributed by atoms with van der Waals surface area (Å²) < 4.78 is 5.23. The Balaban J connectivity index is 2.66. The van der Waals surface area contributed by atoms with E-state index in [1.165, 1.54) is 0 Å². The van der Waals surface area contributed by atoms with Gasteiger partial charge in [0.15, 0.2) is 5.72 Å². The first kappa shape index (κ1) is 7.82. The number of methoxy groups -OCH3 is 1. The predicted molar refractivity (Wildman–Crippen MR) is 44.9 cm³/mol. The lowest BCUT2D eigenvalue weighted by molar-refractivity contribution is 0.0351. The highest BCUT2D eigenvalue weighted by molar-refractivity contribution is 9.09. The highest BCUT2D eigenvalue weighted by atomic mass is 79.9. The fourth-order valence-corrected chi connectivity index (χ4v) is 1.35. The molecule has 1 aliphatic heterocycles. The van der Waals surface area contributed by atoms with Crippen LogP contribution in [0.4, 0.5) is 0 Å². The lowest BCUT2D eigenvalue weighted by atomic mass is 10.2. The zero-order chi connectivity index (χ0) is 7.45. The second-order valence-electron chi connectivity index (χ2n) is 2.09. The van der Waals surface area contributed by atoms with Crippen LogP contribution in [0.15, 0.2) is 24.4 Å². The number of nitrogens with one attached hydrogen (secondary N) is 1. The van der Waals surface area contributed by atoms with Crippen molar-refractivity contribution < 1.29 is 4.74 Å². The number of hydrogen-bond donors (Lipinski definition) is 1. The van der Waals surface area contributed by atoms with Crippen molar-refractivity contribution >= 4 is 15.9 Å². The number of dihydropyridines is 1. The number of alkyl halides is 1. The molecule has 0 amide bonds. The van der Waals surface area contributed by atoms with Crippen LogP contribution in [0, 0.1) is 0 Å². The lowest BCUT2D eigenvalue weighted by Gasteiger charge is -2.28. The molecule has 0 aromatic carbocycles. The van der Waals surface area contributed by atoms with Crippen molar-refractivity contribution in [2.45, 2.75) is 5.72 Å². The molecule has 0 aromatic rings. The average molecular weight is 204 g/mol. The van der Waals surface area contributed by atoms with Crippen LogP contribution in [0.3, 0.4) is 0 Å². The quantitative estimate of drug-likeness (QED) is 0.686. The Morgan fingerprint density at radius 3 is 2.70 bits per heavy atom. The van der Waals surface area contributed by atoms with Gasteiger partial charge in [-0.3, -0.25) is 0 Å². The molecule has 56 valence electrons. The summed E-state index contributed by atoms with van der Waals surface area (Å²) in [5, 5.41) is 3.84. The first-order valence-corrected chi connectivity index (χ1v) is 4.18. The zero-order valence-electron chi connectivity index (χ0n) is 5.80. The highest BCUT2D eigenvalue weighted by Crippen LogP contribution is 2.14. The van der Waals surface area contributed by atoms with Crippen LogP contribution in [0.25, 0.3) is 0 Å². The Kier molecular flexibility index (Phi) is 2.51. The summed E-state index contributed by atoms with van der Waals surface area (Å²) in [4.78, 5) is 0. The minimum atomic E-state index is -0.339. The molecule has 2 nitrogen and oxygen atoms in total. The van der Waals surface area contributed by atoms with Crippen molar-refractivity contribution in [2.75, 3.05) is 12.4 Å². The van der Waals surface area contributed by atoms with Gasteiger partial charge >= 0.3 is 0 Å². The van der Waals surface area contributed by atoms with Gasteiger partial charge in [-0.2, -0.15) is 0 Å². The Hall–Kier alpha value is -0.280. The number of ether oxygens (including phenoxy) is 1. The van der Waals surface area contributed by atoms with Gasteiger partial charge in [0.2, 0.25) is 0 Å². The van der Waals surface area contributed by atoms with Crippen LogP contribution >= 0.6 is 15.9 Å². The smallest absolute Gasteiger partial charge is 0.167 e. The molecule has 0 spiro atoms. The van der Waals surface area contributed by atoms with Crippen molar-refractivity contribution in [2.24, 2.45) is 0 Å². The Labute approximate surface area is 69.1 Å². The van der Waals surface area contributed by atoms with Gasteiger partial charge in [0, 0.05) is 7.11 Å². The maximum Gasteiger partial charge on any atom is 0.167 e. The minimum Gasteiger partial charge on any atom is -0.360 e. The molecular formula is C7H10BrNO. The van der Waals surface area contributed by atoms with Gasteiger partial charge in [0.05, 0.1) is 5.33 Å². The third kappa shape index (κ3) is 1.41. The van der Waals surface area contributed by atoms with E-state index in [1.807, 2.05) is 24.4 Å². The van der Waals surface area contributed by atoms with Gasteiger partial charge in [-0.05, 0) is 18.4 Å². The van der Waals surface area contributed by atoms with Crippen molar-refractivity contribution in [3.63, 3.8) is 0 Å². The van der Waals surface area contributed by atoms with Crippen LogP contribution in [-0.2, 0) is 4.74 Å². The summed E-state index contributed by atoms with van der Waals surface area (Å²) in [5.74, 6) is 0. The highest BCUT2D eigenvalue weighted by Gasteiger charge is 2.23. The third-order valence-corrected chi connectivity index (χ3v) is 2.30. The van der Waals surface area contributed by atoms with Gasteiger partial charge in [0.1, 0.15) is 0 Å². The van der Waals surface area contributed by atoms with E-state index in [9.17, 15) is 0 Å². The topological polar surface area (TPSA) is 21.3 Å². The van der Waals surface area contributed by atoms with E-state index in [1.54, 1.807) is 7.11 Å². The molecule has 0 aromatic heterocycles. The van der Waals surface area contributed by atoms with E-state index in [4.69, 9.17) is 4.74 Å². The maximum atomic E-state index is 5.23. The Bertz CT molecular complexity index is 161. The maximum absolute atomic E-state index is 5.23. The second kappa shape index (κ2) is 3.21. The van der Waals surface area contributed by atoms with Crippen LogP contribution in [0.5, 0.6) is 0 Å². The molecule has 0 fully saturated rings. The number of hydrogen-bond acceptors (Lipinski definition) is 2. The summed E-state index contributed by atoms with van der Waals surface area (Å²) >= 11 is 3.36. The van der Waals surface area contributed by atoms with Gasteiger partial charge < -0.3 is 10.1 Å². The zero-order valence-corrected chi connectivity index (χ0v) is 7.39. The van der Waals surface area contributed by atoms with E-state index >= 15 is 0 Å². The van der Waals surface area contributed by atoms with Crippen molar-refractivity contribution in [1.29, 1.82) is 0 Å². The molecule has 0 bridgehead atoms. The van der Waals surface area contributed by atoms with E-state index < -0.39 is 0 Å². The van der Waals surface area contributed by atoms with Gasteiger partial charge in [-0.25, -0.2) is 0 Å². The minimum absolute atomic E-state index is 0.339. The normalized spacial score (nSPS) is 30.2. The van der Waals surface area contributed by atoms with Crippen LogP contribution < -0.4 is 5.32 Å². The number of allylic oxidation sites excluding steroid dienone is 2. The Morgan fingerprint density at radius 2 is 2.40 bits per heavy atom. The Morgan fingerprint density at radius 1 is 1.60 bits per heavy atom. The third-order valence-electron chi connectivity index (χ3n) is 1.46. The molecule has 1 unspecified atom stereocenters. The molecule has 1 atom stereocenters. The monoisotopic (exact) mass is 203 g/mol. The molecular weight excluding hydrogens is 194 g/mol. The molecule has 1 heterocycles. The standard InChI is InChI=1S/C7H10BrNO/c1-10-7(6-8)4-2-3-5-9-7/h2-5,9H,6H2,1H3. The summed E-state index contributed by atoms with van der Waals surface area (Å²) in [6, 6.07) is 0. The molecule has 0 saturated carbocycles. The van der Waals surface area contributed by atoms with Gasteiger partial charge in [0.25, 0.3) is 0 Å². The molecule has 3 heteroatoms. The first-order chi connectivity index (χ1) is 4.83. The van der Waals surface area contributed by atoms with Crippen molar-refractivity contribution in [1.82, 2.24) is 5.32 Å². The van der Waals surface area contributed by atoms with E-state index in [-0.39, 0.29) is 5.72 Å². The lowest BCUT2D eigenvalue weighted by Crippen LogP contribution is -2.44. The summed E-state index contributed by atoms with van der Waals surface area (Å²) in [5.41, 5.74) is -0.339. The molecule has 0 radical (unpaired) electrons. The molecule has 1 aliphatic rings. The largest absolute Gasteiger partial charge is 0.360 e. The van der Waals surface area contributed by atoms with Crippen LogP contribution in [0.2, 0.25) is 0 Å². The second-order valence-corrected chi connectivity index (χ2v) is 2.65. The molecule has 0 saturated heterocycles. The van der Waals surface area contributed by atoms with Crippen LogP contribution in [0.1, 0.15) is 0 Å². The molecule has 1 N–H and O–H groups in total. The fourth-order valence-electron chi connectivity index (χ4n) is 0.768. The van der Waals surface area contributed by atoms with Crippen molar-refractivity contribution in [3.05, 3.63) is 24.4 Å². The van der Waals surface area contributed by atoms with Gasteiger partial charge in [-0.15, -0.1) is 0 Å². The summed E-state index contributed by atoms with van der Waals surface area (Å²) in [6.45, 7) is 0. The average Bonchev–Trinajstić information content (AvgIpc) is 2.06. The number of rotatable bonds is 2. The van der Waals surface area contributed by atoms with Crippen LogP contribution in [-0.4, -0.2) is 18.2 Å². The van der Waals surface area contributed by atoms with Gasteiger partial charge in [-0.1, -0.05) is 22.0 Å².